The standard InChI is InChI=1S/C13H21IN4/c1-4-13(10-15,17-11(2)3)6-5-7-18-9-12(14)8-16-18/h8-9,11,17H,4-7H2,1-3H3. The van der Waals surface area contributed by atoms with Gasteiger partial charge in [-0.3, -0.25) is 10.00 Å². The molecule has 100 valence electrons. The minimum atomic E-state index is -0.394. The van der Waals surface area contributed by atoms with E-state index in [2.05, 4.69) is 59.8 Å². The Hall–Kier alpha value is -0.610. The molecular weight excluding hydrogens is 339 g/mol. The molecule has 1 atom stereocenters. The fraction of sp³-hybridized carbons (Fsp3) is 0.692. The molecule has 4 nitrogen and oxygen atoms in total. The first-order chi connectivity index (χ1) is 8.51. The zero-order chi connectivity index (χ0) is 13.6. The maximum absolute atomic E-state index is 9.39. The van der Waals surface area contributed by atoms with Crippen molar-refractivity contribution in [3.8, 4) is 6.07 Å². The average molecular weight is 360 g/mol. The predicted molar refractivity (Wildman–Crippen MR) is 81.1 cm³/mol. The molecule has 1 aromatic rings. The van der Waals surface area contributed by atoms with Gasteiger partial charge in [-0.25, -0.2) is 0 Å². The Bertz CT molecular complexity index is 407. The Balaban J connectivity index is 2.50. The summed E-state index contributed by atoms with van der Waals surface area (Å²) < 4.78 is 3.09. The molecule has 0 bridgehead atoms. The molecule has 0 radical (unpaired) electrons. The Morgan fingerprint density at radius 1 is 1.61 bits per heavy atom. The van der Waals surface area contributed by atoms with E-state index >= 15 is 0 Å². The highest BCUT2D eigenvalue weighted by Crippen LogP contribution is 2.18. The summed E-state index contributed by atoms with van der Waals surface area (Å²) in [5, 5.41) is 17.0. The first-order valence-electron chi connectivity index (χ1n) is 6.38. The van der Waals surface area contributed by atoms with Gasteiger partial charge in [0.25, 0.3) is 0 Å². The Kier molecular flexibility index (Phi) is 6.09. The second-order valence-electron chi connectivity index (χ2n) is 4.87. The van der Waals surface area contributed by atoms with Gasteiger partial charge in [0.2, 0.25) is 0 Å². The molecule has 1 N–H and O–H groups in total. The third-order valence-corrected chi connectivity index (χ3v) is 3.53. The highest BCUT2D eigenvalue weighted by Gasteiger charge is 2.27. The summed E-state index contributed by atoms with van der Waals surface area (Å²) in [4.78, 5) is 0. The lowest BCUT2D eigenvalue weighted by atomic mass is 9.91. The van der Waals surface area contributed by atoms with E-state index in [1.807, 2.05) is 17.1 Å². The molecule has 0 aromatic carbocycles. The molecule has 0 aliphatic carbocycles. The van der Waals surface area contributed by atoms with Crippen LogP contribution in [0.2, 0.25) is 0 Å². The topological polar surface area (TPSA) is 53.6 Å². The van der Waals surface area contributed by atoms with E-state index in [1.54, 1.807) is 0 Å². The van der Waals surface area contributed by atoms with Crippen LogP contribution in [0.3, 0.4) is 0 Å². The van der Waals surface area contributed by atoms with Crippen molar-refractivity contribution in [2.45, 2.75) is 58.2 Å². The van der Waals surface area contributed by atoms with Crippen molar-refractivity contribution in [3.63, 3.8) is 0 Å². The number of halogens is 1. The second-order valence-corrected chi connectivity index (χ2v) is 6.12. The second kappa shape index (κ2) is 7.10. The summed E-state index contributed by atoms with van der Waals surface area (Å²) in [5.41, 5.74) is -0.394. The fourth-order valence-electron chi connectivity index (χ4n) is 2.07. The van der Waals surface area contributed by atoms with Crippen LogP contribution >= 0.6 is 22.6 Å². The van der Waals surface area contributed by atoms with E-state index < -0.39 is 5.54 Å². The summed E-state index contributed by atoms with van der Waals surface area (Å²) in [7, 11) is 0. The lowest BCUT2D eigenvalue weighted by Gasteiger charge is -2.29. The van der Waals surface area contributed by atoms with Gasteiger partial charge in [-0.15, -0.1) is 0 Å². The van der Waals surface area contributed by atoms with E-state index in [-0.39, 0.29) is 0 Å². The van der Waals surface area contributed by atoms with Crippen molar-refractivity contribution < 1.29 is 0 Å². The van der Waals surface area contributed by atoms with Crippen LogP contribution in [0.4, 0.5) is 0 Å². The Labute approximate surface area is 123 Å². The van der Waals surface area contributed by atoms with Gasteiger partial charge < -0.3 is 0 Å². The zero-order valence-electron chi connectivity index (χ0n) is 11.3. The number of nitrogens with zero attached hydrogens (tertiary/aromatic N) is 3. The van der Waals surface area contributed by atoms with Crippen molar-refractivity contribution in [1.82, 2.24) is 15.1 Å². The van der Waals surface area contributed by atoms with E-state index in [9.17, 15) is 5.26 Å². The molecule has 0 amide bonds. The van der Waals surface area contributed by atoms with Gasteiger partial charge >= 0.3 is 0 Å². The molecule has 0 aliphatic rings. The van der Waals surface area contributed by atoms with Gasteiger partial charge in [0.15, 0.2) is 0 Å². The van der Waals surface area contributed by atoms with Crippen LogP contribution in [0.15, 0.2) is 12.4 Å². The Morgan fingerprint density at radius 3 is 2.78 bits per heavy atom. The zero-order valence-corrected chi connectivity index (χ0v) is 13.4. The predicted octanol–water partition coefficient (Wildman–Crippen LogP) is 2.94. The van der Waals surface area contributed by atoms with Crippen molar-refractivity contribution in [2.75, 3.05) is 0 Å². The SMILES string of the molecule is CCC(C#N)(CCCn1cc(I)cn1)NC(C)C. The molecule has 1 aromatic heterocycles. The summed E-state index contributed by atoms with van der Waals surface area (Å²) in [6, 6.07) is 2.77. The summed E-state index contributed by atoms with van der Waals surface area (Å²) in [5.74, 6) is 0. The van der Waals surface area contributed by atoms with Crippen LogP contribution in [-0.4, -0.2) is 21.4 Å². The minimum Gasteiger partial charge on any atom is -0.297 e. The van der Waals surface area contributed by atoms with Crippen LogP contribution in [0.1, 0.15) is 40.0 Å². The molecule has 0 saturated heterocycles. The largest absolute Gasteiger partial charge is 0.297 e. The van der Waals surface area contributed by atoms with Gasteiger partial charge in [-0.05, 0) is 55.7 Å². The molecule has 0 fully saturated rings. The van der Waals surface area contributed by atoms with Crippen LogP contribution in [0.25, 0.3) is 0 Å². The van der Waals surface area contributed by atoms with Crippen molar-refractivity contribution in [2.24, 2.45) is 0 Å². The Morgan fingerprint density at radius 2 is 2.33 bits per heavy atom. The monoisotopic (exact) mass is 360 g/mol. The molecule has 1 rings (SSSR count). The van der Waals surface area contributed by atoms with Crippen LogP contribution in [0, 0.1) is 14.9 Å². The van der Waals surface area contributed by atoms with E-state index in [0.717, 1.165) is 29.4 Å². The van der Waals surface area contributed by atoms with Crippen molar-refractivity contribution in [1.29, 1.82) is 5.26 Å². The smallest absolute Gasteiger partial charge is 0.106 e. The van der Waals surface area contributed by atoms with E-state index in [4.69, 9.17) is 0 Å². The molecular formula is C13H21IN4. The van der Waals surface area contributed by atoms with Gasteiger partial charge in [0.05, 0.1) is 15.8 Å². The van der Waals surface area contributed by atoms with Crippen LogP contribution in [-0.2, 0) is 6.54 Å². The molecule has 0 aliphatic heterocycles. The van der Waals surface area contributed by atoms with Crippen LogP contribution < -0.4 is 5.32 Å². The number of aryl methyl sites for hydroxylation is 1. The molecule has 1 unspecified atom stereocenters. The third kappa shape index (κ3) is 4.58. The van der Waals surface area contributed by atoms with Crippen LogP contribution in [0.5, 0.6) is 0 Å². The summed E-state index contributed by atoms with van der Waals surface area (Å²) in [6.07, 6.45) is 6.52. The lowest BCUT2D eigenvalue weighted by molar-refractivity contribution is 0.326. The van der Waals surface area contributed by atoms with Crippen molar-refractivity contribution >= 4 is 22.6 Å². The first kappa shape index (κ1) is 15.4. The molecule has 1 heterocycles. The molecule has 5 heteroatoms. The lowest BCUT2D eigenvalue weighted by Crippen LogP contribution is -2.47. The van der Waals surface area contributed by atoms with E-state index in [0.29, 0.717) is 6.04 Å². The average Bonchev–Trinajstić information content (AvgIpc) is 2.73. The highest BCUT2D eigenvalue weighted by atomic mass is 127. The van der Waals surface area contributed by atoms with E-state index in [1.165, 1.54) is 0 Å². The fourth-order valence-corrected chi connectivity index (χ4v) is 2.52. The number of nitriles is 1. The minimum absolute atomic E-state index is 0.329. The maximum Gasteiger partial charge on any atom is 0.106 e. The first-order valence-corrected chi connectivity index (χ1v) is 7.46. The molecule has 0 saturated carbocycles. The number of aromatic nitrogens is 2. The summed E-state index contributed by atoms with van der Waals surface area (Å²) >= 11 is 2.25. The normalized spacial score (nSPS) is 14.4. The van der Waals surface area contributed by atoms with Gasteiger partial charge in [0, 0.05) is 18.8 Å². The number of hydrogen-bond acceptors (Lipinski definition) is 3. The van der Waals surface area contributed by atoms with Crippen molar-refractivity contribution in [3.05, 3.63) is 16.0 Å². The third-order valence-electron chi connectivity index (χ3n) is 2.98. The molecule has 18 heavy (non-hydrogen) atoms. The number of rotatable bonds is 7. The quantitative estimate of drug-likeness (QED) is 0.761. The molecule has 0 spiro atoms. The number of hydrogen-bond donors (Lipinski definition) is 1. The highest BCUT2D eigenvalue weighted by molar-refractivity contribution is 14.1. The van der Waals surface area contributed by atoms with Gasteiger partial charge in [-0.2, -0.15) is 10.4 Å². The van der Waals surface area contributed by atoms with Gasteiger partial charge in [0.1, 0.15) is 5.54 Å². The maximum atomic E-state index is 9.39. The summed E-state index contributed by atoms with van der Waals surface area (Å²) in [6.45, 7) is 7.09. The number of nitrogens with one attached hydrogen (secondary N) is 1. The van der Waals surface area contributed by atoms with Gasteiger partial charge in [-0.1, -0.05) is 6.92 Å².